The Bertz CT molecular complexity index is 1190. The predicted molar refractivity (Wildman–Crippen MR) is 141 cm³/mol. The number of hydrogen-bond donors (Lipinski definition) is 1. The number of carbonyl (C=O) groups excluding carboxylic acids is 2. The van der Waals surface area contributed by atoms with Gasteiger partial charge in [-0.1, -0.05) is 37.3 Å². The fourth-order valence-corrected chi connectivity index (χ4v) is 6.03. The first-order valence-corrected chi connectivity index (χ1v) is 13.2. The normalized spacial score (nSPS) is 24.2. The molecule has 1 aliphatic heterocycles. The number of ketones is 1. The molecule has 194 valence electrons. The molecular weight excluding hydrogens is 466 g/mol. The average molecular weight is 502 g/mol. The molecule has 1 heterocycles. The summed E-state index contributed by atoms with van der Waals surface area (Å²) in [7, 11) is 3.26. The van der Waals surface area contributed by atoms with Gasteiger partial charge in [-0.2, -0.15) is 0 Å². The Morgan fingerprint density at radius 3 is 2.05 bits per heavy atom. The molecule has 1 N–H and O–H groups in total. The summed E-state index contributed by atoms with van der Waals surface area (Å²) in [6.45, 7) is 4.26. The molecule has 0 spiro atoms. The quantitative estimate of drug-likeness (QED) is 0.505. The van der Waals surface area contributed by atoms with Crippen LogP contribution in [0, 0.1) is 5.92 Å². The molecule has 3 aliphatic rings. The van der Waals surface area contributed by atoms with Crippen molar-refractivity contribution in [3.8, 4) is 11.5 Å². The largest absolute Gasteiger partial charge is 0.497 e. The van der Waals surface area contributed by atoms with Crippen LogP contribution in [0.15, 0.2) is 72.1 Å². The summed E-state index contributed by atoms with van der Waals surface area (Å²) in [4.78, 5) is 27.4. The van der Waals surface area contributed by atoms with Crippen LogP contribution in [0.1, 0.15) is 67.9 Å². The van der Waals surface area contributed by atoms with E-state index in [1.807, 2.05) is 48.5 Å². The van der Waals surface area contributed by atoms with Crippen molar-refractivity contribution in [2.45, 2.75) is 62.9 Å². The van der Waals surface area contributed by atoms with Crippen LogP contribution in [-0.4, -0.2) is 32.1 Å². The highest BCUT2D eigenvalue weighted by Gasteiger charge is 2.46. The van der Waals surface area contributed by atoms with Crippen molar-refractivity contribution in [1.29, 1.82) is 0 Å². The minimum atomic E-state index is -0.671. The molecule has 6 heteroatoms. The van der Waals surface area contributed by atoms with E-state index in [4.69, 9.17) is 14.2 Å². The molecule has 6 nitrogen and oxygen atoms in total. The lowest BCUT2D eigenvalue weighted by Crippen LogP contribution is -2.43. The van der Waals surface area contributed by atoms with E-state index in [2.05, 4.69) is 11.9 Å². The van der Waals surface area contributed by atoms with E-state index in [0.29, 0.717) is 24.1 Å². The Balaban J connectivity index is 1.50. The topological polar surface area (TPSA) is 73.9 Å². The van der Waals surface area contributed by atoms with Gasteiger partial charge in [-0.3, -0.25) is 9.59 Å². The highest BCUT2D eigenvalue weighted by Crippen LogP contribution is 2.47. The molecule has 1 fully saturated rings. The van der Waals surface area contributed by atoms with E-state index in [1.54, 1.807) is 14.2 Å². The average Bonchev–Trinajstić information content (AvgIpc) is 2.92. The molecule has 2 aromatic rings. The molecule has 37 heavy (non-hydrogen) atoms. The SMILES string of the molecule is C=C1NC2=C(C(=O)CC(c3ccc(OC)cc3)C2)C(c2ccc(OC)cc2)C1C(=O)OC1CCCCC1. The number of benzene rings is 2. The Labute approximate surface area is 218 Å². The summed E-state index contributed by atoms with van der Waals surface area (Å²) in [6.07, 6.45) is 6.10. The van der Waals surface area contributed by atoms with Crippen LogP contribution in [0.25, 0.3) is 0 Å². The number of rotatable bonds is 6. The summed E-state index contributed by atoms with van der Waals surface area (Å²) < 4.78 is 16.7. The number of carbonyl (C=O) groups is 2. The fourth-order valence-electron chi connectivity index (χ4n) is 6.03. The van der Waals surface area contributed by atoms with Crippen LogP contribution in [0.4, 0.5) is 0 Å². The third-order valence-corrected chi connectivity index (χ3v) is 7.99. The van der Waals surface area contributed by atoms with Crippen LogP contribution >= 0.6 is 0 Å². The number of allylic oxidation sites excluding steroid dienone is 2. The highest BCUT2D eigenvalue weighted by molar-refractivity contribution is 6.01. The van der Waals surface area contributed by atoms with E-state index < -0.39 is 11.8 Å². The first kappa shape index (κ1) is 25.1. The minimum absolute atomic E-state index is 0.0414. The van der Waals surface area contributed by atoms with Crippen molar-refractivity contribution in [3.05, 3.63) is 83.2 Å². The number of nitrogens with one attached hydrogen (secondary N) is 1. The maximum atomic E-state index is 13.8. The lowest BCUT2D eigenvalue weighted by Gasteiger charge is -2.40. The first-order valence-electron chi connectivity index (χ1n) is 13.2. The Morgan fingerprint density at radius 1 is 0.865 bits per heavy atom. The number of methoxy groups -OCH3 is 2. The lowest BCUT2D eigenvalue weighted by molar-refractivity contribution is -0.155. The molecule has 3 unspecified atom stereocenters. The molecule has 1 saturated carbocycles. The second-order valence-corrected chi connectivity index (χ2v) is 10.3. The number of esters is 1. The molecule has 0 amide bonds. The standard InChI is InChI=1S/C31H35NO5/c1-19-28(31(34)37-25-7-5-4-6-8-25)29(21-11-15-24(36-3)16-12-21)30-26(32-19)17-22(18-27(30)33)20-9-13-23(35-2)14-10-20/h9-16,22,25,28-29,32H,1,4-8,17-18H2,2-3H3. The van der Waals surface area contributed by atoms with Gasteiger partial charge in [-0.05, 0) is 73.4 Å². The van der Waals surface area contributed by atoms with Gasteiger partial charge in [0.1, 0.15) is 23.5 Å². The second kappa shape index (κ2) is 10.8. The van der Waals surface area contributed by atoms with Crippen molar-refractivity contribution in [1.82, 2.24) is 5.32 Å². The summed E-state index contributed by atoms with van der Waals surface area (Å²) in [5.41, 5.74) is 4.09. The fraction of sp³-hybridized carbons (Fsp3) is 0.419. The van der Waals surface area contributed by atoms with Crippen molar-refractivity contribution in [2.75, 3.05) is 14.2 Å². The summed E-state index contributed by atoms with van der Waals surface area (Å²) >= 11 is 0. The maximum Gasteiger partial charge on any atom is 0.316 e. The lowest BCUT2D eigenvalue weighted by atomic mass is 9.69. The Hall–Kier alpha value is -3.54. The zero-order valence-corrected chi connectivity index (χ0v) is 21.6. The van der Waals surface area contributed by atoms with Gasteiger partial charge in [0, 0.05) is 29.3 Å². The zero-order valence-electron chi connectivity index (χ0n) is 21.6. The van der Waals surface area contributed by atoms with Gasteiger partial charge < -0.3 is 19.5 Å². The van der Waals surface area contributed by atoms with Crippen LogP contribution in [0.2, 0.25) is 0 Å². The highest BCUT2D eigenvalue weighted by atomic mass is 16.5. The molecular formula is C31H35NO5. The van der Waals surface area contributed by atoms with Gasteiger partial charge in [-0.25, -0.2) is 0 Å². The van der Waals surface area contributed by atoms with Crippen LogP contribution in [0.5, 0.6) is 11.5 Å². The smallest absolute Gasteiger partial charge is 0.316 e. The monoisotopic (exact) mass is 501 g/mol. The molecule has 0 radical (unpaired) electrons. The maximum absolute atomic E-state index is 13.8. The van der Waals surface area contributed by atoms with Gasteiger partial charge in [0.15, 0.2) is 5.78 Å². The molecule has 0 saturated heterocycles. The Kier molecular flexibility index (Phi) is 7.36. The van der Waals surface area contributed by atoms with E-state index in [9.17, 15) is 9.59 Å². The molecule has 2 aromatic carbocycles. The molecule has 0 bridgehead atoms. The minimum Gasteiger partial charge on any atom is -0.497 e. The third kappa shape index (κ3) is 5.15. The molecule has 3 atom stereocenters. The zero-order chi connectivity index (χ0) is 25.9. The molecule has 5 rings (SSSR count). The van der Waals surface area contributed by atoms with E-state index in [1.165, 1.54) is 6.42 Å². The van der Waals surface area contributed by atoms with Crippen molar-refractivity contribution in [3.63, 3.8) is 0 Å². The summed E-state index contributed by atoms with van der Waals surface area (Å²) in [6, 6.07) is 15.5. The van der Waals surface area contributed by atoms with Gasteiger partial charge in [0.2, 0.25) is 0 Å². The predicted octanol–water partition coefficient (Wildman–Crippen LogP) is 5.80. The van der Waals surface area contributed by atoms with Crippen LogP contribution < -0.4 is 14.8 Å². The van der Waals surface area contributed by atoms with Gasteiger partial charge in [-0.15, -0.1) is 0 Å². The van der Waals surface area contributed by atoms with Crippen molar-refractivity contribution < 1.29 is 23.8 Å². The van der Waals surface area contributed by atoms with Crippen LogP contribution in [-0.2, 0) is 14.3 Å². The second-order valence-electron chi connectivity index (χ2n) is 10.3. The van der Waals surface area contributed by atoms with E-state index in [-0.39, 0.29) is 23.8 Å². The van der Waals surface area contributed by atoms with Gasteiger partial charge in [0.25, 0.3) is 0 Å². The van der Waals surface area contributed by atoms with Crippen LogP contribution in [0.3, 0.4) is 0 Å². The van der Waals surface area contributed by atoms with Gasteiger partial charge in [0.05, 0.1) is 14.2 Å². The number of Topliss-reactive ketones (excluding diaryl/α,β-unsaturated/α-hetero) is 1. The first-order chi connectivity index (χ1) is 18.0. The summed E-state index contributed by atoms with van der Waals surface area (Å²) in [5.74, 6) is 0.181. The van der Waals surface area contributed by atoms with Crippen molar-refractivity contribution >= 4 is 11.8 Å². The molecule has 2 aliphatic carbocycles. The number of ether oxygens (including phenoxy) is 3. The van der Waals surface area contributed by atoms with Gasteiger partial charge >= 0.3 is 5.97 Å². The van der Waals surface area contributed by atoms with Crippen molar-refractivity contribution in [2.24, 2.45) is 5.92 Å². The number of hydrogen-bond acceptors (Lipinski definition) is 6. The molecule has 0 aromatic heterocycles. The summed E-state index contributed by atoms with van der Waals surface area (Å²) in [5, 5.41) is 3.38. The van der Waals surface area contributed by atoms with E-state index in [0.717, 1.165) is 54.0 Å². The third-order valence-electron chi connectivity index (χ3n) is 7.99. The Morgan fingerprint density at radius 2 is 1.46 bits per heavy atom. The van der Waals surface area contributed by atoms with E-state index >= 15 is 0 Å².